The Labute approximate surface area is 101 Å². The Morgan fingerprint density at radius 2 is 2.53 bits per heavy atom. The fraction of sp³-hybridized carbons (Fsp3) is 0.750. The average Bonchev–Trinajstić information content (AvgIpc) is 2.91. The van der Waals surface area contributed by atoms with E-state index in [0.29, 0.717) is 19.1 Å². The van der Waals surface area contributed by atoms with Crippen molar-refractivity contribution in [3.63, 3.8) is 0 Å². The lowest BCUT2D eigenvalue weighted by molar-refractivity contribution is 0.155. The predicted molar refractivity (Wildman–Crippen MR) is 62.3 cm³/mol. The zero-order valence-electron chi connectivity index (χ0n) is 10.3. The van der Waals surface area contributed by atoms with Gasteiger partial charge in [0.15, 0.2) is 5.76 Å². The van der Waals surface area contributed by atoms with Gasteiger partial charge in [0.05, 0.1) is 5.69 Å². The summed E-state index contributed by atoms with van der Waals surface area (Å²) in [7, 11) is 1.64. The van der Waals surface area contributed by atoms with Crippen LogP contribution in [-0.4, -0.2) is 42.0 Å². The molecule has 0 aromatic carbocycles. The molecule has 1 aromatic rings. The molecule has 1 unspecified atom stereocenters. The van der Waals surface area contributed by atoms with Crippen molar-refractivity contribution in [3.8, 4) is 0 Å². The summed E-state index contributed by atoms with van der Waals surface area (Å²) in [4.78, 5) is 2.36. The lowest BCUT2D eigenvalue weighted by Crippen LogP contribution is -2.20. The van der Waals surface area contributed by atoms with Gasteiger partial charge >= 0.3 is 0 Å². The highest BCUT2D eigenvalue weighted by Crippen LogP contribution is 2.21. The molecule has 1 atom stereocenters. The van der Waals surface area contributed by atoms with Crippen molar-refractivity contribution in [2.24, 2.45) is 5.92 Å². The van der Waals surface area contributed by atoms with E-state index in [9.17, 15) is 0 Å². The lowest BCUT2D eigenvalue weighted by atomic mass is 10.1. The van der Waals surface area contributed by atoms with E-state index in [4.69, 9.17) is 14.4 Å². The second kappa shape index (κ2) is 6.14. The normalized spacial score (nSPS) is 21.2. The van der Waals surface area contributed by atoms with Crippen LogP contribution in [0, 0.1) is 5.92 Å². The monoisotopic (exact) mass is 240 g/mol. The van der Waals surface area contributed by atoms with Crippen molar-refractivity contribution >= 4 is 0 Å². The molecule has 0 amide bonds. The van der Waals surface area contributed by atoms with E-state index in [0.717, 1.165) is 37.5 Å². The van der Waals surface area contributed by atoms with Crippen molar-refractivity contribution in [2.45, 2.75) is 26.0 Å². The molecule has 17 heavy (non-hydrogen) atoms. The number of rotatable bonds is 6. The summed E-state index contributed by atoms with van der Waals surface area (Å²) in [6.45, 7) is 3.72. The quantitative estimate of drug-likeness (QED) is 0.804. The molecule has 1 fully saturated rings. The number of methoxy groups -OCH3 is 1. The van der Waals surface area contributed by atoms with Crippen molar-refractivity contribution in [1.82, 2.24) is 10.1 Å². The second-order valence-corrected chi connectivity index (χ2v) is 4.62. The Kier molecular flexibility index (Phi) is 4.53. The SMILES string of the molecule is COCc1cc(CN2CCC(CCO)C2)no1. The molecule has 5 heteroatoms. The molecule has 1 saturated heterocycles. The standard InChI is InChI=1S/C12H20N2O3/c1-16-9-12-6-11(13-17-12)8-14-4-2-10(7-14)3-5-15/h6,10,15H,2-5,7-9H2,1H3. The number of aromatic nitrogens is 1. The van der Waals surface area contributed by atoms with Gasteiger partial charge in [-0.05, 0) is 25.3 Å². The summed E-state index contributed by atoms with van der Waals surface area (Å²) in [5.74, 6) is 1.40. The smallest absolute Gasteiger partial charge is 0.162 e. The van der Waals surface area contributed by atoms with Gasteiger partial charge in [-0.1, -0.05) is 5.16 Å². The average molecular weight is 240 g/mol. The van der Waals surface area contributed by atoms with Crippen LogP contribution in [0.5, 0.6) is 0 Å². The van der Waals surface area contributed by atoms with Gasteiger partial charge in [0.1, 0.15) is 6.61 Å². The third kappa shape index (κ3) is 3.52. The minimum atomic E-state index is 0.292. The lowest BCUT2D eigenvalue weighted by Gasteiger charge is -2.13. The van der Waals surface area contributed by atoms with Crippen LogP contribution in [0.3, 0.4) is 0 Å². The highest BCUT2D eigenvalue weighted by Gasteiger charge is 2.22. The van der Waals surface area contributed by atoms with Gasteiger partial charge in [-0.2, -0.15) is 0 Å². The maximum absolute atomic E-state index is 8.91. The van der Waals surface area contributed by atoms with Crippen LogP contribution in [0.2, 0.25) is 0 Å². The van der Waals surface area contributed by atoms with Gasteiger partial charge in [-0.3, -0.25) is 4.90 Å². The highest BCUT2D eigenvalue weighted by atomic mass is 16.5. The van der Waals surface area contributed by atoms with E-state index in [1.54, 1.807) is 7.11 Å². The highest BCUT2D eigenvalue weighted by molar-refractivity contribution is 5.04. The van der Waals surface area contributed by atoms with E-state index in [1.807, 2.05) is 6.07 Å². The molecule has 1 aliphatic rings. The van der Waals surface area contributed by atoms with Crippen molar-refractivity contribution in [2.75, 3.05) is 26.8 Å². The maximum atomic E-state index is 8.91. The number of likely N-dealkylation sites (tertiary alicyclic amines) is 1. The molecule has 96 valence electrons. The topological polar surface area (TPSA) is 58.7 Å². The van der Waals surface area contributed by atoms with Crippen LogP contribution < -0.4 is 0 Å². The Balaban J connectivity index is 1.80. The Bertz CT molecular complexity index is 340. The first-order chi connectivity index (χ1) is 8.31. The Hall–Kier alpha value is -0.910. The minimum absolute atomic E-state index is 0.292. The summed E-state index contributed by atoms with van der Waals surface area (Å²) in [6.07, 6.45) is 2.08. The molecule has 0 spiro atoms. The van der Waals surface area contributed by atoms with Crippen LogP contribution in [0.1, 0.15) is 24.3 Å². The minimum Gasteiger partial charge on any atom is -0.396 e. The molecule has 0 radical (unpaired) electrons. The molecule has 2 rings (SSSR count). The molecule has 0 aliphatic carbocycles. The third-order valence-electron chi connectivity index (χ3n) is 3.19. The molecular weight excluding hydrogens is 220 g/mol. The predicted octanol–water partition coefficient (Wildman–Crippen LogP) is 1.03. The number of nitrogens with zero attached hydrogens (tertiary/aromatic N) is 2. The summed E-state index contributed by atoms with van der Waals surface area (Å²) in [5, 5.41) is 12.9. The van der Waals surface area contributed by atoms with E-state index < -0.39 is 0 Å². The first kappa shape index (κ1) is 12.5. The second-order valence-electron chi connectivity index (χ2n) is 4.62. The van der Waals surface area contributed by atoms with Crippen molar-refractivity contribution < 1.29 is 14.4 Å². The first-order valence-corrected chi connectivity index (χ1v) is 6.08. The van der Waals surface area contributed by atoms with Gasteiger partial charge in [-0.15, -0.1) is 0 Å². The Morgan fingerprint density at radius 3 is 3.29 bits per heavy atom. The molecule has 5 nitrogen and oxygen atoms in total. The third-order valence-corrected chi connectivity index (χ3v) is 3.19. The zero-order valence-corrected chi connectivity index (χ0v) is 10.3. The number of ether oxygens (including phenoxy) is 1. The fourth-order valence-corrected chi connectivity index (χ4v) is 2.34. The van der Waals surface area contributed by atoms with Crippen molar-refractivity contribution in [3.05, 3.63) is 17.5 Å². The van der Waals surface area contributed by atoms with Gasteiger partial charge in [0.25, 0.3) is 0 Å². The molecule has 0 bridgehead atoms. The summed E-state index contributed by atoms with van der Waals surface area (Å²) < 4.78 is 10.1. The van der Waals surface area contributed by atoms with Crippen molar-refractivity contribution in [1.29, 1.82) is 0 Å². The van der Waals surface area contributed by atoms with Gasteiger partial charge in [0, 0.05) is 32.9 Å². The van der Waals surface area contributed by atoms with E-state index in [2.05, 4.69) is 10.1 Å². The molecule has 2 heterocycles. The van der Waals surface area contributed by atoms with Crippen LogP contribution in [-0.2, 0) is 17.9 Å². The van der Waals surface area contributed by atoms with E-state index in [1.165, 1.54) is 6.42 Å². The molecule has 1 N–H and O–H groups in total. The van der Waals surface area contributed by atoms with E-state index >= 15 is 0 Å². The van der Waals surface area contributed by atoms with Crippen LogP contribution in [0.25, 0.3) is 0 Å². The molecular formula is C12H20N2O3. The Morgan fingerprint density at radius 1 is 1.65 bits per heavy atom. The number of aliphatic hydroxyl groups excluding tert-OH is 1. The van der Waals surface area contributed by atoms with Gasteiger partial charge in [-0.25, -0.2) is 0 Å². The fourth-order valence-electron chi connectivity index (χ4n) is 2.34. The zero-order chi connectivity index (χ0) is 12.1. The van der Waals surface area contributed by atoms with Crippen LogP contribution >= 0.6 is 0 Å². The maximum Gasteiger partial charge on any atom is 0.162 e. The van der Waals surface area contributed by atoms with Crippen LogP contribution in [0.15, 0.2) is 10.6 Å². The summed E-state index contributed by atoms with van der Waals surface area (Å²) in [6, 6.07) is 1.95. The molecule has 1 aromatic heterocycles. The number of hydrogen-bond donors (Lipinski definition) is 1. The summed E-state index contributed by atoms with van der Waals surface area (Å²) >= 11 is 0. The first-order valence-electron chi connectivity index (χ1n) is 6.08. The largest absolute Gasteiger partial charge is 0.396 e. The molecule has 0 saturated carbocycles. The van der Waals surface area contributed by atoms with Crippen LogP contribution in [0.4, 0.5) is 0 Å². The number of hydrogen-bond acceptors (Lipinski definition) is 5. The van der Waals surface area contributed by atoms with E-state index in [-0.39, 0.29) is 0 Å². The van der Waals surface area contributed by atoms with Gasteiger partial charge in [0.2, 0.25) is 0 Å². The summed E-state index contributed by atoms with van der Waals surface area (Å²) in [5.41, 5.74) is 0.960. The molecule has 1 aliphatic heterocycles. The number of aliphatic hydroxyl groups is 1. The van der Waals surface area contributed by atoms with Gasteiger partial charge < -0.3 is 14.4 Å².